The maximum atomic E-state index is 12.9. The fraction of sp³-hybridized carbons (Fsp3) is 0.273. The Hall–Kier alpha value is -1.91. The van der Waals surface area contributed by atoms with E-state index in [0.717, 1.165) is 0 Å². The van der Waals surface area contributed by atoms with Gasteiger partial charge in [-0.2, -0.15) is 0 Å². The summed E-state index contributed by atoms with van der Waals surface area (Å²) < 4.78 is 12.9. The number of carbonyl (C=O) groups excluding carboxylic acids is 1. The molecule has 2 N–H and O–H groups in total. The first kappa shape index (κ1) is 12.2. The first-order valence-corrected chi connectivity index (χ1v) is 4.77. The van der Waals surface area contributed by atoms with Crippen LogP contribution in [0.15, 0.2) is 18.2 Å². The number of halogens is 1. The number of aryl methyl sites for hydroxylation is 1. The van der Waals surface area contributed by atoms with Crippen molar-refractivity contribution < 1.29 is 19.1 Å². The van der Waals surface area contributed by atoms with Gasteiger partial charge in [0.15, 0.2) is 0 Å². The van der Waals surface area contributed by atoms with Crippen LogP contribution >= 0.6 is 0 Å². The molecule has 0 saturated carbocycles. The number of amides is 1. The quantitative estimate of drug-likeness (QED) is 0.821. The molecule has 5 heteroatoms. The van der Waals surface area contributed by atoms with Crippen LogP contribution < -0.4 is 5.32 Å². The minimum Gasteiger partial charge on any atom is -0.481 e. The number of aliphatic carboxylic acids is 1. The summed E-state index contributed by atoms with van der Waals surface area (Å²) in [5.41, 5.74) is 0.938. The summed E-state index contributed by atoms with van der Waals surface area (Å²) in [6.45, 7) is 1.34. The number of benzene rings is 1. The van der Waals surface area contributed by atoms with Crippen molar-refractivity contribution in [3.05, 3.63) is 29.6 Å². The van der Waals surface area contributed by atoms with Crippen molar-refractivity contribution in [3.63, 3.8) is 0 Å². The number of anilines is 1. The van der Waals surface area contributed by atoms with Gasteiger partial charge >= 0.3 is 5.97 Å². The average Bonchev–Trinajstić information content (AvgIpc) is 2.17. The largest absolute Gasteiger partial charge is 0.481 e. The fourth-order valence-electron chi connectivity index (χ4n) is 1.32. The Morgan fingerprint density at radius 2 is 2.12 bits per heavy atom. The molecule has 4 nitrogen and oxygen atoms in total. The number of rotatable bonds is 4. The van der Waals surface area contributed by atoms with Crippen molar-refractivity contribution in [2.24, 2.45) is 0 Å². The molecule has 16 heavy (non-hydrogen) atoms. The van der Waals surface area contributed by atoms with Gasteiger partial charge in [-0.3, -0.25) is 9.59 Å². The second-order valence-electron chi connectivity index (χ2n) is 3.38. The summed E-state index contributed by atoms with van der Waals surface area (Å²) in [5, 5.41) is 11.1. The molecule has 0 aliphatic carbocycles. The highest BCUT2D eigenvalue weighted by atomic mass is 19.1. The summed E-state index contributed by atoms with van der Waals surface area (Å²) in [5.74, 6) is -1.68. The summed E-state index contributed by atoms with van der Waals surface area (Å²) in [7, 11) is 0. The zero-order chi connectivity index (χ0) is 12.1. The van der Waals surface area contributed by atoms with Crippen molar-refractivity contribution >= 4 is 17.6 Å². The zero-order valence-electron chi connectivity index (χ0n) is 8.79. The smallest absolute Gasteiger partial charge is 0.303 e. The molecule has 86 valence electrons. The highest BCUT2D eigenvalue weighted by Crippen LogP contribution is 2.18. The number of carboxylic acids is 1. The molecule has 1 aromatic rings. The van der Waals surface area contributed by atoms with Crippen LogP contribution in [0.5, 0.6) is 0 Å². The van der Waals surface area contributed by atoms with E-state index in [9.17, 15) is 14.0 Å². The molecule has 0 spiro atoms. The highest BCUT2D eigenvalue weighted by molar-refractivity contribution is 5.89. The predicted octanol–water partition coefficient (Wildman–Crippen LogP) is 1.80. The topological polar surface area (TPSA) is 66.4 Å². The van der Waals surface area contributed by atoms with Crippen LogP contribution in [0.25, 0.3) is 0 Å². The number of carbonyl (C=O) groups is 2. The first-order valence-electron chi connectivity index (χ1n) is 4.77. The molecule has 0 aliphatic heterocycles. The molecule has 0 saturated heterocycles. The molecule has 0 heterocycles. The molecule has 0 fully saturated rings. The molecule has 0 aromatic heterocycles. The van der Waals surface area contributed by atoms with Gasteiger partial charge in [-0.05, 0) is 30.2 Å². The zero-order valence-corrected chi connectivity index (χ0v) is 8.79. The van der Waals surface area contributed by atoms with Gasteiger partial charge in [-0.15, -0.1) is 0 Å². The van der Waals surface area contributed by atoms with Crippen LogP contribution in [-0.2, 0) is 16.0 Å². The summed E-state index contributed by atoms with van der Waals surface area (Å²) in [4.78, 5) is 21.3. The molecule has 0 atom stereocenters. The van der Waals surface area contributed by atoms with Crippen molar-refractivity contribution in [3.8, 4) is 0 Å². The van der Waals surface area contributed by atoms with Gasteiger partial charge in [-0.25, -0.2) is 4.39 Å². The van der Waals surface area contributed by atoms with Gasteiger partial charge in [0.25, 0.3) is 0 Å². The van der Waals surface area contributed by atoms with Crippen LogP contribution in [0, 0.1) is 5.82 Å². The SMILES string of the molecule is CC(=O)Nc1ccc(F)cc1CCC(=O)O. The maximum absolute atomic E-state index is 12.9. The minimum atomic E-state index is -0.960. The summed E-state index contributed by atoms with van der Waals surface area (Å²) in [6, 6.07) is 3.87. The Labute approximate surface area is 92.1 Å². The lowest BCUT2D eigenvalue weighted by atomic mass is 10.1. The molecule has 0 radical (unpaired) electrons. The van der Waals surface area contributed by atoms with Crippen LogP contribution in [-0.4, -0.2) is 17.0 Å². The minimum absolute atomic E-state index is 0.101. The normalized spacial score (nSPS) is 9.88. The molecule has 0 bridgehead atoms. The third kappa shape index (κ3) is 3.68. The van der Waals surface area contributed by atoms with Crippen LogP contribution in [0.3, 0.4) is 0 Å². The predicted molar refractivity (Wildman–Crippen MR) is 56.7 cm³/mol. The second kappa shape index (κ2) is 5.25. The van der Waals surface area contributed by atoms with Crippen molar-refractivity contribution in [1.29, 1.82) is 0 Å². The third-order valence-corrected chi connectivity index (χ3v) is 1.99. The van der Waals surface area contributed by atoms with E-state index in [-0.39, 0.29) is 18.7 Å². The molecule has 1 amide bonds. The fourth-order valence-corrected chi connectivity index (χ4v) is 1.32. The number of hydrogen-bond donors (Lipinski definition) is 2. The van der Waals surface area contributed by atoms with Crippen molar-refractivity contribution in [2.45, 2.75) is 19.8 Å². The van der Waals surface area contributed by atoms with Crippen molar-refractivity contribution in [1.82, 2.24) is 0 Å². The van der Waals surface area contributed by atoms with Crippen LogP contribution in [0.2, 0.25) is 0 Å². The molecule has 1 rings (SSSR count). The van der Waals surface area contributed by atoms with Crippen LogP contribution in [0.4, 0.5) is 10.1 Å². The Balaban J connectivity index is 2.89. The molecular weight excluding hydrogens is 213 g/mol. The van der Waals surface area contributed by atoms with Gasteiger partial charge in [0, 0.05) is 19.0 Å². The Kier molecular flexibility index (Phi) is 3.99. The summed E-state index contributed by atoms with van der Waals surface area (Å²) in [6.07, 6.45) is 0.0821. The van der Waals surface area contributed by atoms with Gasteiger partial charge in [0.05, 0.1) is 0 Å². The van der Waals surface area contributed by atoms with E-state index in [1.807, 2.05) is 0 Å². The van der Waals surface area contributed by atoms with E-state index in [2.05, 4.69) is 5.32 Å². The van der Waals surface area contributed by atoms with E-state index >= 15 is 0 Å². The number of carboxylic acid groups (broad SMARTS) is 1. The van der Waals surface area contributed by atoms with E-state index in [4.69, 9.17) is 5.11 Å². The molecule has 1 aromatic carbocycles. The lowest BCUT2D eigenvalue weighted by Crippen LogP contribution is -2.09. The van der Waals surface area contributed by atoms with Gasteiger partial charge in [-0.1, -0.05) is 0 Å². The van der Waals surface area contributed by atoms with E-state index in [0.29, 0.717) is 11.3 Å². The maximum Gasteiger partial charge on any atom is 0.303 e. The molecule has 0 aliphatic rings. The standard InChI is InChI=1S/C11H12FNO3/c1-7(14)13-10-4-3-9(12)6-8(10)2-5-11(15)16/h3-4,6H,2,5H2,1H3,(H,13,14)(H,15,16). The second-order valence-corrected chi connectivity index (χ2v) is 3.38. The Morgan fingerprint density at radius 3 is 2.69 bits per heavy atom. The Morgan fingerprint density at radius 1 is 1.44 bits per heavy atom. The van der Waals surface area contributed by atoms with Crippen molar-refractivity contribution in [2.75, 3.05) is 5.32 Å². The monoisotopic (exact) mass is 225 g/mol. The van der Waals surface area contributed by atoms with Gasteiger partial charge in [0.1, 0.15) is 5.82 Å². The number of hydrogen-bond acceptors (Lipinski definition) is 2. The first-order chi connectivity index (χ1) is 7.49. The van der Waals surface area contributed by atoms with Gasteiger partial charge < -0.3 is 10.4 Å². The summed E-state index contributed by atoms with van der Waals surface area (Å²) >= 11 is 0. The molecular formula is C11H12FNO3. The number of nitrogens with one attached hydrogen (secondary N) is 1. The Bertz CT molecular complexity index is 418. The van der Waals surface area contributed by atoms with E-state index < -0.39 is 11.8 Å². The lowest BCUT2D eigenvalue weighted by Gasteiger charge is -2.08. The van der Waals surface area contributed by atoms with E-state index in [1.165, 1.54) is 25.1 Å². The lowest BCUT2D eigenvalue weighted by molar-refractivity contribution is -0.136. The average molecular weight is 225 g/mol. The van der Waals surface area contributed by atoms with E-state index in [1.54, 1.807) is 0 Å². The van der Waals surface area contributed by atoms with Gasteiger partial charge in [0.2, 0.25) is 5.91 Å². The molecule has 0 unspecified atom stereocenters. The third-order valence-electron chi connectivity index (χ3n) is 1.99. The highest BCUT2D eigenvalue weighted by Gasteiger charge is 2.07. The van der Waals surface area contributed by atoms with Crippen LogP contribution in [0.1, 0.15) is 18.9 Å².